The number of amides is 1. The number of halogens is 3. The summed E-state index contributed by atoms with van der Waals surface area (Å²) in [7, 11) is 0. The van der Waals surface area contributed by atoms with Gasteiger partial charge in [-0.25, -0.2) is 18.7 Å². The number of benzene rings is 4. The fourth-order valence-corrected chi connectivity index (χ4v) is 7.75. The number of alkyl halides is 1. The Hall–Kier alpha value is -5.33. The Morgan fingerprint density at radius 2 is 1.08 bits per heavy atom. The lowest BCUT2D eigenvalue weighted by Gasteiger charge is -2.44. The number of anilines is 4. The second-order valence-corrected chi connectivity index (χ2v) is 18.6. The lowest BCUT2D eigenvalue weighted by Crippen LogP contribution is -2.56. The average molecular weight is 882 g/mol. The Bertz CT molecular complexity index is 2410. The molecule has 0 spiro atoms. The van der Waals surface area contributed by atoms with Crippen molar-refractivity contribution >= 4 is 44.8 Å². The maximum atomic E-state index is 13.6. The largest absolute Gasteiger partial charge is 0.340 e. The summed E-state index contributed by atoms with van der Waals surface area (Å²) < 4.78 is 30.7. The van der Waals surface area contributed by atoms with E-state index < -0.39 is 9.86 Å². The van der Waals surface area contributed by atoms with E-state index in [0.717, 1.165) is 70.3 Å². The van der Waals surface area contributed by atoms with Gasteiger partial charge < -0.3 is 30.0 Å². The van der Waals surface area contributed by atoms with Crippen molar-refractivity contribution in [2.24, 2.45) is 0 Å². The minimum atomic E-state index is -0.665. The quantitative estimate of drug-likeness (QED) is 0.138. The summed E-state index contributed by atoms with van der Waals surface area (Å²) in [6.45, 7) is 19.0. The van der Waals surface area contributed by atoms with Gasteiger partial charge in [0.25, 0.3) is 0 Å². The number of nitrogens with one attached hydrogen (secondary N) is 3. The molecule has 0 radical (unpaired) electrons. The van der Waals surface area contributed by atoms with Crippen molar-refractivity contribution in [2.75, 3.05) is 23.7 Å². The van der Waals surface area contributed by atoms with Crippen LogP contribution in [0.5, 0.6) is 0 Å². The van der Waals surface area contributed by atoms with Crippen molar-refractivity contribution < 1.29 is 13.6 Å². The van der Waals surface area contributed by atoms with Gasteiger partial charge >= 0.3 is 0 Å². The Kier molecular flexibility index (Phi) is 13.5. The van der Waals surface area contributed by atoms with Crippen LogP contribution in [-0.2, 0) is 29.0 Å². The number of hydrogen-bond donors (Lipinski definition) is 3. The second-order valence-electron chi connectivity index (χ2n) is 16.6. The van der Waals surface area contributed by atoms with Crippen LogP contribution in [0, 0.1) is 25.5 Å². The number of carbonyl (C=O) groups is 1. The molecule has 0 fully saturated rings. The van der Waals surface area contributed by atoms with Crippen molar-refractivity contribution in [3.05, 3.63) is 131 Å². The summed E-state index contributed by atoms with van der Waals surface area (Å²) in [6.07, 6.45) is 0. The van der Waals surface area contributed by atoms with E-state index in [2.05, 4.69) is 98.2 Å². The van der Waals surface area contributed by atoms with Gasteiger partial charge in [0, 0.05) is 48.7 Å². The van der Waals surface area contributed by atoms with Gasteiger partial charge in [-0.15, -0.1) is 0 Å². The number of rotatable bonds is 7. The molecule has 60 heavy (non-hydrogen) atoms. The Morgan fingerprint density at radius 3 is 1.52 bits per heavy atom. The summed E-state index contributed by atoms with van der Waals surface area (Å²) in [4.78, 5) is 25.0. The van der Waals surface area contributed by atoms with E-state index in [4.69, 9.17) is 9.97 Å². The minimum Gasteiger partial charge on any atom is -0.340 e. The SMILES string of the molecule is C.C.Cc1ccc(Nc2c(-c3ccc(F)cc3)nc3n2CCN(C(=O)C(C)(C)Br)C3(C)C)cc1.Cc1ccc(Nc2c(-c3ccc(F)cc3)nc3n2CCNC3(C)C)cc1. The Morgan fingerprint density at radius 1 is 0.667 bits per heavy atom. The highest BCUT2D eigenvalue weighted by molar-refractivity contribution is 9.10. The molecule has 2 aromatic heterocycles. The van der Waals surface area contributed by atoms with Crippen LogP contribution in [0.3, 0.4) is 0 Å². The predicted octanol–water partition coefficient (Wildman–Crippen LogP) is 11.8. The van der Waals surface area contributed by atoms with Gasteiger partial charge in [-0.05, 0) is 128 Å². The smallest absolute Gasteiger partial charge is 0.239 e. The van der Waals surface area contributed by atoms with E-state index in [9.17, 15) is 13.6 Å². The number of hydrogen-bond acceptors (Lipinski definition) is 6. The number of fused-ring (bicyclic) bond motifs is 2. The third-order valence-corrected chi connectivity index (χ3v) is 11.1. The molecule has 1 amide bonds. The van der Waals surface area contributed by atoms with Crippen LogP contribution in [0.4, 0.5) is 31.8 Å². The van der Waals surface area contributed by atoms with E-state index in [0.29, 0.717) is 13.1 Å². The molecular weight excluding hydrogens is 822 g/mol. The van der Waals surface area contributed by atoms with Crippen LogP contribution < -0.4 is 16.0 Å². The second kappa shape index (κ2) is 17.7. The van der Waals surface area contributed by atoms with Crippen LogP contribution in [0.1, 0.15) is 79.2 Å². The minimum absolute atomic E-state index is 0. The van der Waals surface area contributed by atoms with Crippen molar-refractivity contribution in [2.45, 2.75) is 98.7 Å². The third-order valence-electron chi connectivity index (χ3n) is 10.8. The summed E-state index contributed by atoms with van der Waals surface area (Å²) in [5, 5.41) is 10.6. The van der Waals surface area contributed by atoms with Crippen molar-refractivity contribution in [1.82, 2.24) is 29.3 Å². The summed E-state index contributed by atoms with van der Waals surface area (Å²) in [5.74, 6) is 3.06. The van der Waals surface area contributed by atoms with Gasteiger partial charge in [0.05, 0.1) is 15.4 Å². The molecule has 2 aliphatic rings. The van der Waals surface area contributed by atoms with Crippen molar-refractivity contribution in [1.29, 1.82) is 0 Å². The van der Waals surface area contributed by atoms with E-state index in [1.165, 1.54) is 35.4 Å². The molecule has 4 heterocycles. The first kappa shape index (κ1) is 45.7. The monoisotopic (exact) mass is 880 g/mol. The maximum Gasteiger partial charge on any atom is 0.239 e. The van der Waals surface area contributed by atoms with Gasteiger partial charge in [-0.2, -0.15) is 0 Å². The Balaban J connectivity index is 0.000000224. The van der Waals surface area contributed by atoms with Crippen LogP contribution in [-0.4, -0.2) is 47.3 Å². The highest BCUT2D eigenvalue weighted by Crippen LogP contribution is 2.41. The molecule has 6 aromatic rings. The average Bonchev–Trinajstić information content (AvgIpc) is 3.74. The number of carbonyl (C=O) groups excluding carboxylic acids is 1. The number of nitrogens with zero attached hydrogens (tertiary/aromatic N) is 5. The lowest BCUT2D eigenvalue weighted by atomic mass is 9.97. The lowest BCUT2D eigenvalue weighted by molar-refractivity contribution is -0.140. The van der Waals surface area contributed by atoms with E-state index in [1.807, 2.05) is 51.7 Å². The summed E-state index contributed by atoms with van der Waals surface area (Å²) in [6, 6.07) is 29.3. The fourth-order valence-electron chi connectivity index (χ4n) is 7.54. The molecule has 0 atom stereocenters. The zero-order chi connectivity index (χ0) is 41.6. The number of aryl methyl sites for hydroxylation is 2. The summed E-state index contributed by atoms with van der Waals surface area (Å²) >= 11 is 3.52. The molecule has 3 N–H and O–H groups in total. The molecule has 2 aliphatic heterocycles. The zero-order valence-corrected chi connectivity index (χ0v) is 35.9. The molecule has 0 aliphatic carbocycles. The van der Waals surface area contributed by atoms with Crippen LogP contribution >= 0.6 is 15.9 Å². The normalized spacial score (nSPS) is 14.9. The highest BCUT2D eigenvalue weighted by atomic mass is 79.9. The molecule has 0 saturated carbocycles. The predicted molar refractivity (Wildman–Crippen MR) is 246 cm³/mol. The van der Waals surface area contributed by atoms with Gasteiger partial charge in [0.2, 0.25) is 5.91 Å². The molecular formula is C48H59BrF2N8O. The molecule has 0 saturated heterocycles. The number of imidazole rings is 2. The first-order chi connectivity index (χ1) is 27.4. The van der Waals surface area contributed by atoms with Gasteiger partial charge in [-0.1, -0.05) is 66.2 Å². The summed E-state index contributed by atoms with van der Waals surface area (Å²) in [5.41, 5.74) is 6.81. The molecule has 4 aromatic carbocycles. The third kappa shape index (κ3) is 9.34. The number of aromatic nitrogens is 4. The van der Waals surface area contributed by atoms with E-state index in [1.54, 1.807) is 24.3 Å². The molecule has 318 valence electrons. The van der Waals surface area contributed by atoms with Crippen LogP contribution in [0.15, 0.2) is 97.1 Å². The first-order valence-corrected chi connectivity index (χ1v) is 20.4. The van der Waals surface area contributed by atoms with Gasteiger partial charge in [-0.3, -0.25) is 4.79 Å². The molecule has 0 unspecified atom stereocenters. The molecule has 8 rings (SSSR count). The van der Waals surface area contributed by atoms with Crippen molar-refractivity contribution in [3.8, 4) is 22.5 Å². The Labute approximate surface area is 362 Å². The standard InChI is InChI=1S/C25H28BrFN4O.C21H23FN4.2CH4/c1-16-6-12-19(13-7-16)28-21-20(17-8-10-18(27)11-9-17)29-22-25(4,5)31(15-14-30(21)22)23(32)24(2,3)26;1-14-4-10-17(11-5-14)24-19-18(15-6-8-16(22)9-7-15)25-20-21(2,3)23-12-13-26(19)20;;/h6-13,28H,14-15H2,1-5H3;4-11,23-24H,12-13H2,1-3H3;2*1H4. The molecule has 9 nitrogen and oxygen atoms in total. The maximum absolute atomic E-state index is 13.6. The molecule has 0 bridgehead atoms. The molecule has 12 heteroatoms. The van der Waals surface area contributed by atoms with Crippen molar-refractivity contribution in [3.63, 3.8) is 0 Å². The fraction of sp³-hybridized carbons (Fsp3) is 0.354. The highest BCUT2D eigenvalue weighted by Gasteiger charge is 2.45. The van der Waals surface area contributed by atoms with Gasteiger partial charge in [0.15, 0.2) is 0 Å². The van der Waals surface area contributed by atoms with Crippen LogP contribution in [0.2, 0.25) is 0 Å². The van der Waals surface area contributed by atoms with Gasteiger partial charge in [0.1, 0.15) is 46.3 Å². The van der Waals surface area contributed by atoms with E-state index >= 15 is 0 Å². The van der Waals surface area contributed by atoms with E-state index in [-0.39, 0.29) is 37.9 Å². The zero-order valence-electron chi connectivity index (χ0n) is 34.3. The van der Waals surface area contributed by atoms with Crippen LogP contribution in [0.25, 0.3) is 22.5 Å². The topological polar surface area (TPSA) is 92.0 Å². The first-order valence-electron chi connectivity index (χ1n) is 19.6.